The predicted molar refractivity (Wildman–Crippen MR) is 63.6 cm³/mol. The van der Waals surface area contributed by atoms with Crippen LogP contribution in [0.25, 0.3) is 6.08 Å². The number of ether oxygens (including phenoxy) is 1. The van der Waals surface area contributed by atoms with Crippen LogP contribution >= 0.6 is 0 Å². The smallest absolute Gasteiger partial charge is 0.303 e. The first-order chi connectivity index (χ1) is 7.63. The summed E-state index contributed by atoms with van der Waals surface area (Å²) in [4.78, 5) is 10.3. The normalized spacial score (nSPS) is 10.6. The summed E-state index contributed by atoms with van der Waals surface area (Å²) in [6.45, 7) is 2.01. The molecule has 3 nitrogen and oxygen atoms in total. The molecule has 0 saturated heterocycles. The number of methoxy groups -OCH3 is 1. The van der Waals surface area contributed by atoms with E-state index in [1.54, 1.807) is 7.11 Å². The average Bonchev–Trinajstić information content (AvgIpc) is 2.24. The Hall–Kier alpha value is -1.77. The lowest BCUT2D eigenvalue weighted by Gasteiger charge is -2.05. The first-order valence-corrected chi connectivity index (χ1v) is 5.16. The quantitative estimate of drug-likeness (QED) is 0.829. The van der Waals surface area contributed by atoms with E-state index >= 15 is 0 Å². The lowest BCUT2D eigenvalue weighted by atomic mass is 10.1. The molecular formula is C13H16O3. The van der Waals surface area contributed by atoms with Gasteiger partial charge in [-0.25, -0.2) is 0 Å². The Labute approximate surface area is 95.4 Å². The predicted octanol–water partition coefficient (Wildman–Crippen LogP) is 2.88. The minimum Gasteiger partial charge on any atom is -0.496 e. The van der Waals surface area contributed by atoms with E-state index in [-0.39, 0.29) is 6.42 Å². The molecule has 0 amide bonds. The Bertz CT molecular complexity index is 394. The van der Waals surface area contributed by atoms with Crippen LogP contribution in [0.2, 0.25) is 0 Å². The average molecular weight is 220 g/mol. The maximum Gasteiger partial charge on any atom is 0.303 e. The zero-order valence-corrected chi connectivity index (χ0v) is 9.56. The van der Waals surface area contributed by atoms with Crippen molar-refractivity contribution in [1.82, 2.24) is 0 Å². The van der Waals surface area contributed by atoms with E-state index in [0.717, 1.165) is 16.9 Å². The molecule has 0 bridgehead atoms. The van der Waals surface area contributed by atoms with E-state index in [1.807, 2.05) is 37.3 Å². The van der Waals surface area contributed by atoms with Gasteiger partial charge in [0.05, 0.1) is 7.11 Å². The highest BCUT2D eigenvalue weighted by atomic mass is 16.5. The van der Waals surface area contributed by atoms with E-state index in [1.165, 1.54) is 0 Å². The molecule has 0 unspecified atom stereocenters. The molecule has 0 aromatic heterocycles. The maximum absolute atomic E-state index is 10.3. The topological polar surface area (TPSA) is 46.5 Å². The monoisotopic (exact) mass is 220 g/mol. The molecule has 1 rings (SSSR count). The third-order valence-electron chi connectivity index (χ3n) is 2.21. The fourth-order valence-electron chi connectivity index (χ4n) is 1.40. The molecule has 0 heterocycles. The molecule has 1 N–H and O–H groups in total. The number of aryl methyl sites for hydroxylation is 1. The number of carbonyl (C=O) groups is 1. The minimum absolute atomic E-state index is 0.157. The molecule has 0 atom stereocenters. The van der Waals surface area contributed by atoms with Crippen molar-refractivity contribution in [3.05, 3.63) is 35.4 Å². The summed E-state index contributed by atoms with van der Waals surface area (Å²) in [7, 11) is 1.62. The molecule has 16 heavy (non-hydrogen) atoms. The van der Waals surface area contributed by atoms with Gasteiger partial charge in [-0.2, -0.15) is 0 Å². The minimum atomic E-state index is -0.777. The van der Waals surface area contributed by atoms with Crippen LogP contribution < -0.4 is 4.74 Å². The second-order valence-corrected chi connectivity index (χ2v) is 3.58. The third-order valence-corrected chi connectivity index (χ3v) is 2.21. The molecule has 0 aliphatic heterocycles. The molecule has 0 fully saturated rings. The van der Waals surface area contributed by atoms with E-state index in [4.69, 9.17) is 9.84 Å². The van der Waals surface area contributed by atoms with Gasteiger partial charge in [0.15, 0.2) is 0 Å². The summed E-state index contributed by atoms with van der Waals surface area (Å²) in [6, 6.07) is 5.90. The maximum atomic E-state index is 10.3. The number of aliphatic carboxylic acids is 1. The fourth-order valence-corrected chi connectivity index (χ4v) is 1.40. The largest absolute Gasteiger partial charge is 0.496 e. The number of carboxylic acids is 1. The van der Waals surface area contributed by atoms with Crippen LogP contribution in [0, 0.1) is 6.92 Å². The van der Waals surface area contributed by atoms with Gasteiger partial charge in [-0.05, 0) is 25.5 Å². The number of allylic oxidation sites excluding steroid dienone is 1. The molecule has 1 aromatic carbocycles. The van der Waals surface area contributed by atoms with E-state index in [0.29, 0.717) is 6.42 Å². The Kier molecular flexibility index (Phi) is 4.58. The summed E-state index contributed by atoms with van der Waals surface area (Å²) in [5.41, 5.74) is 2.13. The highest BCUT2D eigenvalue weighted by Crippen LogP contribution is 2.21. The van der Waals surface area contributed by atoms with Gasteiger partial charge in [0.1, 0.15) is 5.75 Å². The highest BCUT2D eigenvalue weighted by molar-refractivity contribution is 5.67. The third kappa shape index (κ3) is 3.77. The van der Waals surface area contributed by atoms with Crippen molar-refractivity contribution in [2.45, 2.75) is 19.8 Å². The van der Waals surface area contributed by atoms with E-state index in [9.17, 15) is 4.79 Å². The molecule has 0 saturated carbocycles. The van der Waals surface area contributed by atoms with Gasteiger partial charge in [-0.1, -0.05) is 23.8 Å². The molecule has 0 aliphatic rings. The second-order valence-electron chi connectivity index (χ2n) is 3.58. The second kappa shape index (κ2) is 5.95. The van der Waals surface area contributed by atoms with Gasteiger partial charge in [-0.3, -0.25) is 4.79 Å². The van der Waals surface area contributed by atoms with Crippen LogP contribution in [-0.4, -0.2) is 18.2 Å². The van der Waals surface area contributed by atoms with E-state index < -0.39 is 5.97 Å². The van der Waals surface area contributed by atoms with Crippen LogP contribution in [0.3, 0.4) is 0 Å². The van der Waals surface area contributed by atoms with Crippen LogP contribution in [-0.2, 0) is 4.79 Å². The zero-order chi connectivity index (χ0) is 12.0. The Morgan fingerprint density at radius 3 is 2.88 bits per heavy atom. The molecule has 0 spiro atoms. The van der Waals surface area contributed by atoms with Crippen molar-refractivity contribution in [3.8, 4) is 5.75 Å². The summed E-state index contributed by atoms with van der Waals surface area (Å²) < 4.78 is 5.21. The van der Waals surface area contributed by atoms with Crippen molar-refractivity contribution in [1.29, 1.82) is 0 Å². The van der Waals surface area contributed by atoms with Crippen molar-refractivity contribution in [2.24, 2.45) is 0 Å². The molecule has 1 aromatic rings. The SMILES string of the molecule is COc1ccc(C)cc1/C=C/CCC(=O)O. The first-order valence-electron chi connectivity index (χ1n) is 5.16. The molecule has 0 aliphatic carbocycles. The lowest BCUT2D eigenvalue weighted by molar-refractivity contribution is -0.136. The van der Waals surface area contributed by atoms with Crippen LogP contribution in [0.1, 0.15) is 24.0 Å². The summed E-state index contributed by atoms with van der Waals surface area (Å²) in [5.74, 6) is 0.0260. The van der Waals surface area contributed by atoms with Gasteiger partial charge < -0.3 is 9.84 Å². The Morgan fingerprint density at radius 1 is 1.50 bits per heavy atom. The standard InChI is InChI=1S/C13H16O3/c1-10-7-8-12(16-2)11(9-10)5-3-4-6-13(14)15/h3,5,7-9H,4,6H2,1-2H3,(H,14,15)/b5-3+. The van der Waals surface area contributed by atoms with Crippen molar-refractivity contribution in [2.75, 3.05) is 7.11 Å². The first kappa shape index (κ1) is 12.3. The number of rotatable bonds is 5. The summed E-state index contributed by atoms with van der Waals surface area (Å²) in [5, 5.41) is 8.50. The number of benzene rings is 1. The van der Waals surface area contributed by atoms with Crippen molar-refractivity contribution >= 4 is 12.0 Å². The fraction of sp³-hybridized carbons (Fsp3) is 0.308. The lowest BCUT2D eigenvalue weighted by Crippen LogP contribution is -1.92. The molecular weight excluding hydrogens is 204 g/mol. The molecule has 0 radical (unpaired) electrons. The highest BCUT2D eigenvalue weighted by Gasteiger charge is 1.99. The summed E-state index contributed by atoms with van der Waals surface area (Å²) >= 11 is 0. The van der Waals surface area contributed by atoms with Gasteiger partial charge in [0.25, 0.3) is 0 Å². The van der Waals surface area contributed by atoms with Crippen LogP contribution in [0.15, 0.2) is 24.3 Å². The van der Waals surface area contributed by atoms with Crippen molar-refractivity contribution < 1.29 is 14.6 Å². The molecule has 86 valence electrons. The van der Waals surface area contributed by atoms with Gasteiger partial charge >= 0.3 is 5.97 Å². The Balaban J connectivity index is 2.71. The van der Waals surface area contributed by atoms with Crippen molar-refractivity contribution in [3.63, 3.8) is 0 Å². The Morgan fingerprint density at radius 2 is 2.25 bits per heavy atom. The van der Waals surface area contributed by atoms with Crippen LogP contribution in [0.4, 0.5) is 0 Å². The van der Waals surface area contributed by atoms with Crippen LogP contribution in [0.5, 0.6) is 5.75 Å². The van der Waals surface area contributed by atoms with Gasteiger partial charge in [0, 0.05) is 12.0 Å². The number of hydrogen-bond acceptors (Lipinski definition) is 2. The molecule has 3 heteroatoms. The zero-order valence-electron chi connectivity index (χ0n) is 9.56. The van der Waals surface area contributed by atoms with Gasteiger partial charge in [-0.15, -0.1) is 0 Å². The summed E-state index contributed by atoms with van der Waals surface area (Å²) in [6.07, 6.45) is 4.44. The van der Waals surface area contributed by atoms with E-state index in [2.05, 4.69) is 0 Å². The number of hydrogen-bond donors (Lipinski definition) is 1. The van der Waals surface area contributed by atoms with Gasteiger partial charge in [0.2, 0.25) is 0 Å². The number of carboxylic acid groups (broad SMARTS) is 1.